The molecule has 5 aromatic heterocycles. The van der Waals surface area contributed by atoms with Crippen LogP contribution >= 0.6 is 0 Å². The molecule has 0 fully saturated rings. The monoisotopic (exact) mass is 776 g/mol. The molecule has 0 aliphatic heterocycles. The van der Waals surface area contributed by atoms with E-state index in [1.807, 2.05) is 104 Å². The lowest BCUT2D eigenvalue weighted by Crippen LogP contribution is -2.09. The normalized spacial score (nSPS) is 11.9. The van der Waals surface area contributed by atoms with Crippen molar-refractivity contribution in [3.8, 4) is 39.7 Å². The molecule has 0 radical (unpaired) electrons. The first-order chi connectivity index (χ1) is 30.2. The fourth-order valence-corrected chi connectivity index (χ4v) is 10.1. The van der Waals surface area contributed by atoms with Gasteiger partial charge in [-0.25, -0.2) is 4.85 Å². The Bertz CT molecular complexity index is 3980. The van der Waals surface area contributed by atoms with Crippen LogP contribution in [0, 0.1) is 17.9 Å². The van der Waals surface area contributed by atoms with Crippen LogP contribution in [0.3, 0.4) is 0 Å². The predicted molar refractivity (Wildman–Crippen MR) is 246 cm³/mol. The van der Waals surface area contributed by atoms with Crippen LogP contribution in [0.15, 0.2) is 175 Å². The van der Waals surface area contributed by atoms with Crippen molar-refractivity contribution in [1.82, 2.24) is 19.1 Å². The molecule has 0 N–H and O–H groups in total. The van der Waals surface area contributed by atoms with Crippen molar-refractivity contribution in [3.63, 3.8) is 0 Å². The predicted octanol–water partition coefficient (Wildman–Crippen LogP) is 14.1. The van der Waals surface area contributed by atoms with Crippen LogP contribution in [-0.4, -0.2) is 19.1 Å². The molecule has 280 valence electrons. The lowest BCUT2D eigenvalue weighted by molar-refractivity contribution is 0.671. The van der Waals surface area contributed by atoms with Crippen LogP contribution in [0.25, 0.3) is 126 Å². The molecule has 0 saturated carbocycles. The Morgan fingerprint density at radius 2 is 1.05 bits per heavy atom. The number of nitriles is 1. The molecule has 0 atom stereocenters. The summed E-state index contributed by atoms with van der Waals surface area (Å²) in [6.45, 7) is 9.15. The highest BCUT2D eigenvalue weighted by Gasteiger charge is 2.33. The minimum absolute atomic E-state index is 0.353. The van der Waals surface area contributed by atoms with E-state index in [1.54, 1.807) is 0 Å². The first kappa shape index (κ1) is 33.2. The number of hydrogen-bond acceptors (Lipinski definition) is 4. The average Bonchev–Trinajstić information content (AvgIpc) is 3.99. The first-order valence-electron chi connectivity index (χ1n) is 20.1. The van der Waals surface area contributed by atoms with Crippen LogP contribution in [-0.2, 0) is 0 Å². The van der Waals surface area contributed by atoms with E-state index in [2.05, 4.69) is 86.8 Å². The summed E-state index contributed by atoms with van der Waals surface area (Å²) in [5, 5.41) is 22.0. The Morgan fingerprint density at radius 1 is 0.492 bits per heavy atom. The van der Waals surface area contributed by atoms with Gasteiger partial charge in [-0.2, -0.15) is 5.26 Å². The van der Waals surface area contributed by atoms with Gasteiger partial charge in [0.25, 0.3) is 0 Å². The molecular formula is C54H28N6O. The number of rotatable bonds is 4. The van der Waals surface area contributed by atoms with Gasteiger partial charge < -0.3 is 13.6 Å². The number of furan rings is 1. The maximum Gasteiger partial charge on any atom is 0.220 e. The molecule has 61 heavy (non-hydrogen) atoms. The first-order valence-corrected chi connectivity index (χ1v) is 20.1. The second-order valence-corrected chi connectivity index (χ2v) is 15.5. The van der Waals surface area contributed by atoms with Crippen molar-refractivity contribution in [1.29, 1.82) is 5.26 Å². The van der Waals surface area contributed by atoms with E-state index in [4.69, 9.17) is 21.0 Å². The number of hydrogen-bond donors (Lipinski definition) is 0. The van der Waals surface area contributed by atoms with Gasteiger partial charge in [0.05, 0.1) is 58.0 Å². The Labute approximate surface area is 347 Å². The van der Waals surface area contributed by atoms with Gasteiger partial charge in [-0.05, 0) is 40.1 Å². The molecule has 0 aliphatic carbocycles. The quantitative estimate of drug-likeness (QED) is 0.132. The molecule has 0 spiro atoms. The SMILES string of the molecule is [C-]#[N+]c1c(-c2ccccc2)c(C#N)c(-n2c3ccccc3c3ccc4c5ccccc5oc4c32)c(-c2ccccc2)c1-n1c2cncc3c4ccccc4c4cncc1c4c32. The molecular weight excluding hydrogens is 749 g/mol. The van der Waals surface area contributed by atoms with E-state index >= 15 is 0 Å². The molecule has 7 heteroatoms. The summed E-state index contributed by atoms with van der Waals surface area (Å²) in [6, 6.07) is 51.8. The molecule has 5 heterocycles. The van der Waals surface area contributed by atoms with Crippen molar-refractivity contribution in [2.45, 2.75) is 0 Å². The number of benzene rings is 8. The molecule has 8 aromatic carbocycles. The zero-order valence-corrected chi connectivity index (χ0v) is 32.3. The second-order valence-electron chi connectivity index (χ2n) is 15.5. The average molecular weight is 777 g/mol. The summed E-state index contributed by atoms with van der Waals surface area (Å²) in [6.07, 6.45) is 7.69. The molecule has 13 aromatic rings. The van der Waals surface area contributed by atoms with Gasteiger partial charge in [0.15, 0.2) is 5.58 Å². The van der Waals surface area contributed by atoms with Crippen molar-refractivity contribution >= 4 is 92.8 Å². The minimum atomic E-state index is 0.353. The maximum atomic E-state index is 11.8. The number of para-hydroxylation sites is 2. The summed E-state index contributed by atoms with van der Waals surface area (Å²) in [7, 11) is 0. The minimum Gasteiger partial charge on any atom is -0.454 e. The standard InChI is InChI=1S/C54H28N6O/c1-56-50-46(31-14-4-2-5-15-31)39(26-55)51(60-42-22-12-10-20-35(42)37-24-25-38-36-21-11-13-23-45(36)61-54(38)52(37)60)47(32-16-6-3-7-17-32)53(50)59-43-29-57-27-40-33-18-8-9-19-34(33)41-28-58-30-44(59)49(41)48(40)43/h2-25,27-30H. The summed E-state index contributed by atoms with van der Waals surface area (Å²) >= 11 is 0. The van der Waals surface area contributed by atoms with Crippen LogP contribution in [0.2, 0.25) is 0 Å². The fourth-order valence-electron chi connectivity index (χ4n) is 10.1. The highest BCUT2D eigenvalue weighted by Crippen LogP contribution is 2.53. The van der Waals surface area contributed by atoms with Crippen molar-refractivity contribution in [3.05, 3.63) is 187 Å². The van der Waals surface area contributed by atoms with Crippen LogP contribution < -0.4 is 0 Å². The van der Waals surface area contributed by atoms with E-state index in [-0.39, 0.29) is 0 Å². The molecule has 0 amide bonds. The third kappa shape index (κ3) is 4.33. The van der Waals surface area contributed by atoms with Gasteiger partial charge in [0.2, 0.25) is 5.69 Å². The van der Waals surface area contributed by atoms with Crippen molar-refractivity contribution in [2.75, 3.05) is 0 Å². The highest BCUT2D eigenvalue weighted by atomic mass is 16.3. The zero-order valence-electron chi connectivity index (χ0n) is 32.3. The van der Waals surface area contributed by atoms with Gasteiger partial charge in [-0.15, -0.1) is 0 Å². The maximum absolute atomic E-state index is 11.8. The summed E-state index contributed by atoms with van der Waals surface area (Å²) < 4.78 is 11.2. The van der Waals surface area contributed by atoms with E-state index in [1.165, 1.54) is 0 Å². The Hall–Kier alpha value is -8.78. The van der Waals surface area contributed by atoms with Crippen molar-refractivity contribution in [2.24, 2.45) is 0 Å². The molecule has 0 saturated heterocycles. The van der Waals surface area contributed by atoms with E-state index < -0.39 is 0 Å². The van der Waals surface area contributed by atoms with Crippen molar-refractivity contribution < 1.29 is 4.42 Å². The molecule has 7 nitrogen and oxygen atoms in total. The third-order valence-electron chi connectivity index (χ3n) is 12.5. The van der Waals surface area contributed by atoms with Crippen LogP contribution in [0.1, 0.15) is 5.56 Å². The topological polar surface area (TPSA) is 76.9 Å². The smallest absolute Gasteiger partial charge is 0.220 e. The van der Waals surface area contributed by atoms with Gasteiger partial charge in [0, 0.05) is 66.6 Å². The Kier molecular flexibility index (Phi) is 6.73. The van der Waals surface area contributed by atoms with Gasteiger partial charge in [0.1, 0.15) is 11.7 Å². The van der Waals surface area contributed by atoms with E-state index in [0.29, 0.717) is 28.2 Å². The third-order valence-corrected chi connectivity index (χ3v) is 12.5. The van der Waals surface area contributed by atoms with Gasteiger partial charge in [-0.1, -0.05) is 127 Å². The largest absolute Gasteiger partial charge is 0.454 e. The lowest BCUT2D eigenvalue weighted by Gasteiger charge is -2.25. The molecule has 0 aliphatic rings. The number of nitrogens with zero attached hydrogens (tertiary/aromatic N) is 6. The molecule has 13 rings (SSSR count). The number of aromatic nitrogens is 4. The highest BCUT2D eigenvalue weighted by molar-refractivity contribution is 6.34. The lowest BCUT2D eigenvalue weighted by atomic mass is 9.88. The Balaban J connectivity index is 1.34. The summed E-state index contributed by atoms with van der Waals surface area (Å²) in [5.41, 5.74) is 9.83. The van der Waals surface area contributed by atoms with E-state index in [0.717, 1.165) is 104 Å². The van der Waals surface area contributed by atoms with Crippen LogP contribution in [0.5, 0.6) is 0 Å². The fraction of sp³-hybridized carbons (Fsp3) is 0. The van der Waals surface area contributed by atoms with Gasteiger partial charge in [-0.3, -0.25) is 9.97 Å². The van der Waals surface area contributed by atoms with Crippen LogP contribution in [0.4, 0.5) is 5.69 Å². The summed E-state index contributed by atoms with van der Waals surface area (Å²) in [5.74, 6) is 0. The van der Waals surface area contributed by atoms with E-state index in [9.17, 15) is 5.26 Å². The second kappa shape index (κ2) is 12.4. The number of fused-ring (bicyclic) bond motifs is 10. The molecule has 0 unspecified atom stereocenters. The number of pyridine rings is 2. The zero-order chi connectivity index (χ0) is 40.3. The summed E-state index contributed by atoms with van der Waals surface area (Å²) in [4.78, 5) is 14.2. The van der Waals surface area contributed by atoms with Gasteiger partial charge >= 0.3 is 0 Å². The Morgan fingerprint density at radius 3 is 1.69 bits per heavy atom. The molecule has 0 bridgehead atoms.